The number of hydrogen-bond acceptors (Lipinski definition) is 3. The second kappa shape index (κ2) is 4.46. The molecule has 0 aromatic carbocycles. The first-order chi connectivity index (χ1) is 8.20. The van der Waals surface area contributed by atoms with Crippen LogP contribution in [0.4, 0.5) is 0 Å². The number of aryl methyl sites for hydroxylation is 1. The van der Waals surface area contributed by atoms with Gasteiger partial charge in [0, 0.05) is 18.6 Å². The fourth-order valence-electron chi connectivity index (χ4n) is 3.44. The van der Waals surface area contributed by atoms with Crippen LogP contribution in [0.25, 0.3) is 0 Å². The molecule has 1 aromatic heterocycles. The Morgan fingerprint density at radius 1 is 1.41 bits per heavy atom. The van der Waals surface area contributed by atoms with Crippen molar-refractivity contribution >= 4 is 0 Å². The smallest absolute Gasteiger partial charge is 0.118 e. The van der Waals surface area contributed by atoms with Gasteiger partial charge in [-0.3, -0.25) is 4.90 Å². The maximum absolute atomic E-state index is 5.62. The van der Waals surface area contributed by atoms with E-state index in [0.29, 0.717) is 0 Å². The third-order valence-electron chi connectivity index (χ3n) is 4.20. The Hall–Kier alpha value is -0.800. The molecule has 0 saturated carbocycles. The molecular formula is C14H22N2O. The van der Waals surface area contributed by atoms with Gasteiger partial charge < -0.3 is 9.73 Å². The zero-order valence-corrected chi connectivity index (χ0v) is 10.8. The summed E-state index contributed by atoms with van der Waals surface area (Å²) in [5.74, 6) is 2.94. The molecule has 3 rings (SSSR count). The summed E-state index contributed by atoms with van der Waals surface area (Å²) >= 11 is 0. The monoisotopic (exact) mass is 234 g/mol. The molecule has 3 unspecified atom stereocenters. The summed E-state index contributed by atoms with van der Waals surface area (Å²) in [6, 6.07) is 5.72. The number of fused-ring (bicyclic) bond motifs is 2. The Labute approximate surface area is 103 Å². The standard InChI is InChI=1S/C14H22N2O/c1-10-3-5-13(17-10)9-16(2)8-11-7-12-4-6-14(11)15-12/h3,5,11-12,14-15H,4,6-9H2,1-2H3. The summed E-state index contributed by atoms with van der Waals surface area (Å²) in [5, 5.41) is 3.70. The normalized spacial score (nSPS) is 31.6. The van der Waals surface area contributed by atoms with E-state index in [2.05, 4.69) is 23.3 Å². The minimum Gasteiger partial charge on any atom is -0.465 e. The van der Waals surface area contributed by atoms with Crippen LogP contribution in [-0.2, 0) is 6.54 Å². The molecule has 17 heavy (non-hydrogen) atoms. The van der Waals surface area contributed by atoms with E-state index in [4.69, 9.17) is 4.42 Å². The molecule has 3 atom stereocenters. The lowest BCUT2D eigenvalue weighted by Crippen LogP contribution is -2.32. The summed E-state index contributed by atoms with van der Waals surface area (Å²) in [4.78, 5) is 2.39. The van der Waals surface area contributed by atoms with Crippen LogP contribution in [0.15, 0.2) is 16.5 Å². The van der Waals surface area contributed by atoms with Crippen LogP contribution in [0.5, 0.6) is 0 Å². The zero-order valence-electron chi connectivity index (χ0n) is 10.8. The molecule has 3 nitrogen and oxygen atoms in total. The van der Waals surface area contributed by atoms with Gasteiger partial charge in [0.05, 0.1) is 6.54 Å². The molecule has 1 N–H and O–H groups in total. The van der Waals surface area contributed by atoms with E-state index < -0.39 is 0 Å². The van der Waals surface area contributed by atoms with Gasteiger partial charge >= 0.3 is 0 Å². The molecule has 2 fully saturated rings. The van der Waals surface area contributed by atoms with Crippen molar-refractivity contribution in [2.75, 3.05) is 13.6 Å². The summed E-state index contributed by atoms with van der Waals surface area (Å²) in [6.45, 7) is 4.12. The highest BCUT2D eigenvalue weighted by Gasteiger charge is 2.39. The van der Waals surface area contributed by atoms with Gasteiger partial charge in [-0.15, -0.1) is 0 Å². The highest BCUT2D eigenvalue weighted by Crippen LogP contribution is 2.33. The Balaban J connectivity index is 1.52. The van der Waals surface area contributed by atoms with Crippen LogP contribution >= 0.6 is 0 Å². The molecule has 2 aliphatic heterocycles. The van der Waals surface area contributed by atoms with Crippen molar-refractivity contribution in [1.82, 2.24) is 10.2 Å². The van der Waals surface area contributed by atoms with Gasteiger partial charge in [-0.25, -0.2) is 0 Å². The third-order valence-corrected chi connectivity index (χ3v) is 4.20. The zero-order chi connectivity index (χ0) is 11.8. The molecule has 0 aliphatic carbocycles. The summed E-state index contributed by atoms with van der Waals surface area (Å²) in [7, 11) is 2.20. The van der Waals surface area contributed by atoms with Crippen molar-refractivity contribution in [1.29, 1.82) is 0 Å². The molecule has 2 saturated heterocycles. The molecule has 2 bridgehead atoms. The van der Waals surface area contributed by atoms with Gasteiger partial charge in [0.2, 0.25) is 0 Å². The molecule has 2 aliphatic rings. The predicted molar refractivity (Wildman–Crippen MR) is 67.8 cm³/mol. The van der Waals surface area contributed by atoms with Crippen molar-refractivity contribution in [2.45, 2.75) is 44.8 Å². The molecule has 3 heterocycles. The number of rotatable bonds is 4. The van der Waals surface area contributed by atoms with E-state index in [0.717, 1.165) is 36.1 Å². The predicted octanol–water partition coefficient (Wildman–Crippen LogP) is 2.16. The van der Waals surface area contributed by atoms with Gasteiger partial charge in [-0.1, -0.05) is 0 Å². The van der Waals surface area contributed by atoms with Crippen molar-refractivity contribution in [3.63, 3.8) is 0 Å². The van der Waals surface area contributed by atoms with Crippen LogP contribution in [0.2, 0.25) is 0 Å². The van der Waals surface area contributed by atoms with E-state index in [1.165, 1.54) is 25.8 Å². The SMILES string of the molecule is Cc1ccc(CN(C)CC2CC3CCC2N3)o1. The molecule has 3 heteroatoms. The van der Waals surface area contributed by atoms with E-state index in [9.17, 15) is 0 Å². The minimum atomic E-state index is 0.779. The fraction of sp³-hybridized carbons (Fsp3) is 0.714. The summed E-state index contributed by atoms with van der Waals surface area (Å²) in [5.41, 5.74) is 0. The van der Waals surface area contributed by atoms with Crippen LogP contribution in [0.3, 0.4) is 0 Å². The lowest BCUT2D eigenvalue weighted by Gasteiger charge is -2.25. The molecule has 0 radical (unpaired) electrons. The average Bonchev–Trinajstić information content (AvgIpc) is 2.95. The Morgan fingerprint density at radius 3 is 2.88 bits per heavy atom. The van der Waals surface area contributed by atoms with Crippen molar-refractivity contribution in [3.05, 3.63) is 23.7 Å². The second-order valence-corrected chi connectivity index (χ2v) is 5.75. The molecule has 1 aromatic rings. The quantitative estimate of drug-likeness (QED) is 0.865. The van der Waals surface area contributed by atoms with E-state index in [-0.39, 0.29) is 0 Å². The number of nitrogens with one attached hydrogen (secondary N) is 1. The second-order valence-electron chi connectivity index (χ2n) is 5.75. The summed E-state index contributed by atoms with van der Waals surface area (Å²) < 4.78 is 5.62. The van der Waals surface area contributed by atoms with Crippen LogP contribution in [-0.4, -0.2) is 30.6 Å². The highest BCUT2D eigenvalue weighted by atomic mass is 16.3. The molecule has 0 spiro atoms. The number of hydrogen-bond donors (Lipinski definition) is 1. The average molecular weight is 234 g/mol. The minimum absolute atomic E-state index is 0.779. The first kappa shape index (κ1) is 11.3. The lowest BCUT2D eigenvalue weighted by atomic mass is 9.89. The largest absolute Gasteiger partial charge is 0.465 e. The first-order valence-corrected chi connectivity index (χ1v) is 6.70. The van der Waals surface area contributed by atoms with Crippen molar-refractivity contribution in [2.24, 2.45) is 5.92 Å². The van der Waals surface area contributed by atoms with Gasteiger partial charge in [0.25, 0.3) is 0 Å². The van der Waals surface area contributed by atoms with Crippen molar-refractivity contribution in [3.8, 4) is 0 Å². The Bertz CT molecular complexity index is 387. The molecule has 94 valence electrons. The van der Waals surface area contributed by atoms with Crippen LogP contribution in [0, 0.1) is 12.8 Å². The maximum atomic E-state index is 5.62. The Morgan fingerprint density at radius 2 is 2.29 bits per heavy atom. The molecular weight excluding hydrogens is 212 g/mol. The van der Waals surface area contributed by atoms with E-state index in [1.54, 1.807) is 0 Å². The Kier molecular flexibility index (Phi) is 2.97. The number of nitrogens with zero attached hydrogens (tertiary/aromatic N) is 1. The molecule has 0 amide bonds. The van der Waals surface area contributed by atoms with Gasteiger partial charge in [-0.05, 0) is 51.3 Å². The topological polar surface area (TPSA) is 28.4 Å². The van der Waals surface area contributed by atoms with E-state index >= 15 is 0 Å². The summed E-state index contributed by atoms with van der Waals surface area (Å²) in [6.07, 6.45) is 4.14. The first-order valence-electron chi connectivity index (χ1n) is 6.70. The highest BCUT2D eigenvalue weighted by molar-refractivity contribution is 5.05. The van der Waals surface area contributed by atoms with Gasteiger partial charge in [-0.2, -0.15) is 0 Å². The maximum Gasteiger partial charge on any atom is 0.118 e. The fourth-order valence-corrected chi connectivity index (χ4v) is 3.44. The third kappa shape index (κ3) is 2.40. The van der Waals surface area contributed by atoms with Crippen molar-refractivity contribution < 1.29 is 4.42 Å². The van der Waals surface area contributed by atoms with Crippen LogP contribution < -0.4 is 5.32 Å². The number of furan rings is 1. The lowest BCUT2D eigenvalue weighted by molar-refractivity contribution is 0.227. The van der Waals surface area contributed by atoms with Gasteiger partial charge in [0.1, 0.15) is 11.5 Å². The van der Waals surface area contributed by atoms with E-state index in [1.807, 2.05) is 13.0 Å². The van der Waals surface area contributed by atoms with Gasteiger partial charge in [0.15, 0.2) is 0 Å². The van der Waals surface area contributed by atoms with Crippen LogP contribution in [0.1, 0.15) is 30.8 Å².